The number of aliphatic hydroxyl groups is 1. The molecule has 0 amide bonds. The maximum Gasteiger partial charge on any atom is 0.135 e. The summed E-state index contributed by atoms with van der Waals surface area (Å²) in [6, 6.07) is 21.7. The summed E-state index contributed by atoms with van der Waals surface area (Å²) in [5, 5.41) is 12.3. The molecule has 0 saturated heterocycles. The molecule has 0 saturated carbocycles. The number of aryl methyl sites for hydroxylation is 1. The van der Waals surface area contributed by atoms with Crippen LogP contribution in [0.15, 0.2) is 71.1 Å². The van der Waals surface area contributed by atoms with E-state index in [-0.39, 0.29) is 6.61 Å². The van der Waals surface area contributed by atoms with Crippen molar-refractivity contribution in [3.8, 4) is 11.5 Å². The molecule has 4 nitrogen and oxygen atoms in total. The third-order valence-corrected chi connectivity index (χ3v) is 5.07. The van der Waals surface area contributed by atoms with Crippen LogP contribution in [0.1, 0.15) is 24.8 Å². The van der Waals surface area contributed by atoms with E-state index in [1.807, 2.05) is 73.7 Å². The Kier molecular flexibility index (Phi) is 6.01. The summed E-state index contributed by atoms with van der Waals surface area (Å²) in [5.74, 6) is 1.67. The number of furan rings is 1. The number of aliphatic hydroxyl groups excluding tert-OH is 1. The van der Waals surface area contributed by atoms with E-state index in [0.717, 1.165) is 51.8 Å². The number of fused-ring (bicyclic) bond motifs is 3. The summed E-state index contributed by atoms with van der Waals surface area (Å²) in [5.41, 5.74) is 2.85. The van der Waals surface area contributed by atoms with E-state index < -0.39 is 6.10 Å². The van der Waals surface area contributed by atoms with E-state index in [2.05, 4.69) is 0 Å². The van der Waals surface area contributed by atoms with Crippen molar-refractivity contribution < 1.29 is 19.0 Å². The van der Waals surface area contributed by atoms with Crippen LogP contribution >= 0.6 is 0 Å². The van der Waals surface area contributed by atoms with Gasteiger partial charge in [-0.25, -0.2) is 0 Å². The number of para-hydroxylation sites is 2. The molecular weight excluding hydrogens is 364 g/mol. The first-order valence-corrected chi connectivity index (χ1v) is 10.1. The van der Waals surface area contributed by atoms with Gasteiger partial charge in [-0.05, 0) is 62.1 Å². The van der Waals surface area contributed by atoms with Gasteiger partial charge in [-0.3, -0.25) is 0 Å². The molecule has 0 aliphatic carbocycles. The van der Waals surface area contributed by atoms with E-state index in [1.165, 1.54) is 0 Å². The molecule has 4 aromatic rings. The van der Waals surface area contributed by atoms with Crippen LogP contribution in [0, 0.1) is 6.92 Å². The molecule has 0 radical (unpaired) electrons. The van der Waals surface area contributed by atoms with E-state index in [9.17, 15) is 5.11 Å². The van der Waals surface area contributed by atoms with Gasteiger partial charge in [0, 0.05) is 10.8 Å². The van der Waals surface area contributed by atoms with Crippen LogP contribution in [0.4, 0.5) is 0 Å². The Hall–Kier alpha value is -2.98. The number of hydrogen-bond acceptors (Lipinski definition) is 4. The topological polar surface area (TPSA) is 51.8 Å². The average Bonchev–Trinajstić information content (AvgIpc) is 3.11. The van der Waals surface area contributed by atoms with Gasteiger partial charge in [-0.15, -0.1) is 0 Å². The SMILES string of the molecule is Cc1ccccc1OCCCCC(O)COc1ccc2oc3ccccc3c2c1. The molecule has 4 heteroatoms. The van der Waals surface area contributed by atoms with E-state index in [4.69, 9.17) is 13.9 Å². The van der Waals surface area contributed by atoms with Crippen LogP contribution in [0.25, 0.3) is 21.9 Å². The number of unbranched alkanes of at least 4 members (excludes halogenated alkanes) is 1. The van der Waals surface area contributed by atoms with Crippen molar-refractivity contribution in [2.75, 3.05) is 13.2 Å². The summed E-state index contributed by atoms with van der Waals surface area (Å²) in [4.78, 5) is 0. The van der Waals surface area contributed by atoms with Crippen LogP contribution in [-0.2, 0) is 0 Å². The fourth-order valence-electron chi connectivity index (χ4n) is 3.45. The number of ether oxygens (including phenoxy) is 2. The molecule has 1 unspecified atom stereocenters. The minimum absolute atomic E-state index is 0.278. The van der Waals surface area contributed by atoms with Crippen molar-refractivity contribution >= 4 is 21.9 Å². The Morgan fingerprint density at radius 1 is 0.862 bits per heavy atom. The Labute approximate surface area is 170 Å². The number of rotatable bonds is 9. The van der Waals surface area contributed by atoms with Gasteiger partial charge in [0.15, 0.2) is 0 Å². The molecule has 3 aromatic carbocycles. The third kappa shape index (κ3) is 4.72. The molecule has 0 aliphatic rings. The van der Waals surface area contributed by atoms with Crippen LogP contribution in [0.5, 0.6) is 11.5 Å². The zero-order valence-electron chi connectivity index (χ0n) is 16.6. The maximum absolute atomic E-state index is 10.2. The van der Waals surface area contributed by atoms with Crippen LogP contribution in [0.2, 0.25) is 0 Å². The third-order valence-electron chi connectivity index (χ3n) is 5.07. The lowest BCUT2D eigenvalue weighted by Gasteiger charge is -2.13. The van der Waals surface area contributed by atoms with Crippen LogP contribution in [0.3, 0.4) is 0 Å². The fraction of sp³-hybridized carbons (Fsp3) is 0.280. The molecule has 0 spiro atoms. The van der Waals surface area contributed by atoms with Gasteiger partial charge >= 0.3 is 0 Å². The molecular formula is C25H26O4. The molecule has 4 rings (SSSR count). The first kappa shape index (κ1) is 19.3. The van der Waals surface area contributed by atoms with Gasteiger partial charge in [0.25, 0.3) is 0 Å². The van der Waals surface area contributed by atoms with E-state index in [0.29, 0.717) is 13.0 Å². The molecule has 0 bridgehead atoms. The molecule has 29 heavy (non-hydrogen) atoms. The smallest absolute Gasteiger partial charge is 0.135 e. The van der Waals surface area contributed by atoms with Gasteiger partial charge in [0.05, 0.1) is 12.7 Å². The van der Waals surface area contributed by atoms with E-state index >= 15 is 0 Å². The van der Waals surface area contributed by atoms with Gasteiger partial charge in [0.2, 0.25) is 0 Å². The molecule has 1 atom stereocenters. The number of benzene rings is 3. The first-order chi connectivity index (χ1) is 14.2. The molecule has 1 aromatic heterocycles. The van der Waals surface area contributed by atoms with Crippen molar-refractivity contribution in [1.29, 1.82) is 0 Å². The lowest BCUT2D eigenvalue weighted by molar-refractivity contribution is 0.0965. The van der Waals surface area contributed by atoms with Crippen molar-refractivity contribution in [3.63, 3.8) is 0 Å². The second-order valence-electron chi connectivity index (χ2n) is 7.33. The van der Waals surface area contributed by atoms with Crippen LogP contribution < -0.4 is 9.47 Å². The molecule has 0 aliphatic heterocycles. The quantitative estimate of drug-likeness (QED) is 0.362. The Morgan fingerprint density at radius 2 is 1.66 bits per heavy atom. The molecule has 0 fully saturated rings. The first-order valence-electron chi connectivity index (χ1n) is 10.1. The molecule has 150 valence electrons. The normalized spacial score (nSPS) is 12.3. The standard InChI is InChI=1S/C25H26O4/c1-18-8-2-4-11-23(18)27-15-7-6-9-19(26)17-28-20-13-14-25-22(16-20)21-10-3-5-12-24(21)29-25/h2-5,8,10-14,16,19,26H,6-7,9,15,17H2,1H3. The number of hydrogen-bond donors (Lipinski definition) is 1. The van der Waals surface area contributed by atoms with E-state index in [1.54, 1.807) is 0 Å². The maximum atomic E-state index is 10.2. The van der Waals surface area contributed by atoms with Crippen molar-refractivity contribution in [3.05, 3.63) is 72.3 Å². The van der Waals surface area contributed by atoms with Crippen molar-refractivity contribution in [1.82, 2.24) is 0 Å². The minimum Gasteiger partial charge on any atom is -0.493 e. The average molecular weight is 390 g/mol. The lowest BCUT2D eigenvalue weighted by atomic mass is 10.1. The second kappa shape index (κ2) is 9.01. The minimum atomic E-state index is -0.495. The Morgan fingerprint density at radius 3 is 2.55 bits per heavy atom. The predicted octanol–water partition coefficient (Wildman–Crippen LogP) is 5.88. The molecule has 1 heterocycles. The van der Waals surface area contributed by atoms with Crippen LogP contribution in [-0.4, -0.2) is 24.4 Å². The monoisotopic (exact) mass is 390 g/mol. The Bertz CT molecular complexity index is 1080. The highest BCUT2D eigenvalue weighted by Crippen LogP contribution is 2.31. The Balaban J connectivity index is 1.23. The predicted molar refractivity (Wildman–Crippen MR) is 116 cm³/mol. The highest BCUT2D eigenvalue weighted by molar-refractivity contribution is 6.05. The fourth-order valence-corrected chi connectivity index (χ4v) is 3.45. The van der Waals surface area contributed by atoms with Gasteiger partial charge in [0.1, 0.15) is 29.3 Å². The summed E-state index contributed by atoms with van der Waals surface area (Å²) in [7, 11) is 0. The summed E-state index contributed by atoms with van der Waals surface area (Å²) in [6.07, 6.45) is 1.99. The lowest BCUT2D eigenvalue weighted by Crippen LogP contribution is -2.17. The summed E-state index contributed by atoms with van der Waals surface area (Å²) in [6.45, 7) is 2.97. The molecule has 1 N–H and O–H groups in total. The van der Waals surface area contributed by atoms with Gasteiger partial charge in [-0.2, -0.15) is 0 Å². The highest BCUT2D eigenvalue weighted by Gasteiger charge is 2.09. The largest absolute Gasteiger partial charge is 0.493 e. The summed E-state index contributed by atoms with van der Waals surface area (Å²) < 4.78 is 17.4. The highest BCUT2D eigenvalue weighted by atomic mass is 16.5. The zero-order chi connectivity index (χ0) is 20.1. The zero-order valence-corrected chi connectivity index (χ0v) is 16.6. The van der Waals surface area contributed by atoms with Crippen molar-refractivity contribution in [2.45, 2.75) is 32.3 Å². The second-order valence-corrected chi connectivity index (χ2v) is 7.33. The van der Waals surface area contributed by atoms with Gasteiger partial charge < -0.3 is 19.0 Å². The van der Waals surface area contributed by atoms with Crippen molar-refractivity contribution in [2.24, 2.45) is 0 Å². The van der Waals surface area contributed by atoms with Gasteiger partial charge in [-0.1, -0.05) is 36.4 Å². The summed E-state index contributed by atoms with van der Waals surface area (Å²) >= 11 is 0.